The fraction of sp³-hybridized carbons (Fsp3) is 0.217. The molecule has 1 heterocycles. The van der Waals surface area contributed by atoms with E-state index in [1.54, 1.807) is 0 Å². The fourth-order valence-electron chi connectivity index (χ4n) is 3.05. The highest BCUT2D eigenvalue weighted by Gasteiger charge is 2.31. The number of hydrogen-bond donors (Lipinski definition) is 0. The summed E-state index contributed by atoms with van der Waals surface area (Å²) in [5, 5.41) is 0. The van der Waals surface area contributed by atoms with E-state index in [1.165, 1.54) is 51.7 Å². The number of pyridine rings is 1. The minimum absolute atomic E-state index is 0.0478. The van der Waals surface area contributed by atoms with Crippen LogP contribution in [0.3, 0.4) is 0 Å². The molecular weight excluding hydrogens is 448 g/mol. The van der Waals surface area contributed by atoms with E-state index in [1.807, 2.05) is 30.3 Å². The van der Waals surface area contributed by atoms with Crippen LogP contribution in [-0.2, 0) is 16.6 Å². The molecule has 1 amide bonds. The molecule has 0 atom stereocenters. The Morgan fingerprint density at radius 2 is 1.64 bits per heavy atom. The normalized spacial score (nSPS) is 10.9. The van der Waals surface area contributed by atoms with Crippen LogP contribution in [0.2, 0.25) is 0 Å². The van der Waals surface area contributed by atoms with Gasteiger partial charge in [-0.05, 0) is 29.8 Å². The summed E-state index contributed by atoms with van der Waals surface area (Å²) >= 11 is 0. The zero-order valence-corrected chi connectivity index (χ0v) is 19.5. The molecule has 33 heavy (non-hydrogen) atoms. The van der Waals surface area contributed by atoms with Gasteiger partial charge in [0.25, 0.3) is 5.91 Å². The van der Waals surface area contributed by atoms with Gasteiger partial charge in [-0.2, -0.15) is 9.29 Å². The summed E-state index contributed by atoms with van der Waals surface area (Å²) in [6.45, 7) is 0.237. The SMILES string of the molecule is COc1ccc(N(C(=O)c2ccc(OC)c(OCc3ccccc3)c2)S(C)(=O)=O)c(OC)n1. The van der Waals surface area contributed by atoms with E-state index in [9.17, 15) is 13.2 Å². The predicted octanol–water partition coefficient (Wildman–Crippen LogP) is 3.29. The van der Waals surface area contributed by atoms with Crippen molar-refractivity contribution >= 4 is 21.6 Å². The van der Waals surface area contributed by atoms with Gasteiger partial charge in [0.15, 0.2) is 11.5 Å². The maximum atomic E-state index is 13.4. The minimum Gasteiger partial charge on any atom is -0.493 e. The van der Waals surface area contributed by atoms with Gasteiger partial charge in [-0.15, -0.1) is 0 Å². The Balaban J connectivity index is 2.00. The number of carbonyl (C=O) groups is 1. The Hall–Kier alpha value is -3.79. The molecule has 0 fully saturated rings. The molecule has 9 nitrogen and oxygen atoms in total. The van der Waals surface area contributed by atoms with Gasteiger partial charge in [0, 0.05) is 11.6 Å². The number of carbonyl (C=O) groups excluding carboxylic acids is 1. The first-order chi connectivity index (χ1) is 15.8. The number of hydrogen-bond acceptors (Lipinski definition) is 8. The van der Waals surface area contributed by atoms with Crippen LogP contribution in [0.1, 0.15) is 15.9 Å². The second-order valence-electron chi connectivity index (χ2n) is 6.85. The maximum absolute atomic E-state index is 13.4. The average Bonchev–Trinajstić information content (AvgIpc) is 2.82. The smallest absolute Gasteiger partial charge is 0.272 e. The van der Waals surface area contributed by atoms with Crippen LogP contribution in [0, 0.1) is 0 Å². The van der Waals surface area contributed by atoms with E-state index >= 15 is 0 Å². The number of rotatable bonds is 9. The highest BCUT2D eigenvalue weighted by atomic mass is 32.2. The van der Waals surface area contributed by atoms with Crippen molar-refractivity contribution in [3.63, 3.8) is 0 Å². The highest BCUT2D eigenvalue weighted by molar-refractivity contribution is 7.92. The number of benzene rings is 2. The molecule has 0 saturated carbocycles. The maximum Gasteiger partial charge on any atom is 0.272 e. The Morgan fingerprint density at radius 1 is 0.909 bits per heavy atom. The molecule has 0 aliphatic rings. The molecule has 0 spiro atoms. The van der Waals surface area contributed by atoms with E-state index in [4.69, 9.17) is 18.9 Å². The molecule has 0 saturated heterocycles. The molecule has 0 aliphatic heterocycles. The third kappa shape index (κ3) is 5.53. The molecule has 1 aromatic heterocycles. The lowest BCUT2D eigenvalue weighted by molar-refractivity contribution is 0.100. The van der Waals surface area contributed by atoms with Crippen molar-refractivity contribution in [2.45, 2.75) is 6.61 Å². The van der Waals surface area contributed by atoms with Crippen LogP contribution in [-0.4, -0.2) is 46.9 Å². The van der Waals surface area contributed by atoms with Gasteiger partial charge in [0.2, 0.25) is 21.8 Å². The number of anilines is 1. The van der Waals surface area contributed by atoms with Crippen LogP contribution in [0.4, 0.5) is 5.69 Å². The van der Waals surface area contributed by atoms with Crippen molar-refractivity contribution in [2.75, 3.05) is 31.9 Å². The van der Waals surface area contributed by atoms with Crippen LogP contribution in [0.5, 0.6) is 23.3 Å². The molecule has 0 aliphatic carbocycles. The number of sulfonamides is 1. The van der Waals surface area contributed by atoms with Gasteiger partial charge >= 0.3 is 0 Å². The first-order valence-electron chi connectivity index (χ1n) is 9.77. The number of methoxy groups -OCH3 is 3. The first-order valence-corrected chi connectivity index (χ1v) is 11.6. The van der Waals surface area contributed by atoms with Gasteiger partial charge in [0.05, 0.1) is 27.6 Å². The Kier molecular flexibility index (Phi) is 7.39. The Labute approximate surface area is 192 Å². The predicted molar refractivity (Wildman–Crippen MR) is 123 cm³/mol. The molecule has 0 N–H and O–H groups in total. The lowest BCUT2D eigenvalue weighted by Crippen LogP contribution is -2.36. The van der Waals surface area contributed by atoms with Crippen LogP contribution < -0.4 is 23.3 Å². The zero-order chi connectivity index (χ0) is 24.0. The summed E-state index contributed by atoms with van der Waals surface area (Å²) < 4.78 is 47.3. The largest absolute Gasteiger partial charge is 0.493 e. The molecule has 174 valence electrons. The summed E-state index contributed by atoms with van der Waals surface area (Å²) in [7, 11) is 0.155. The van der Waals surface area contributed by atoms with E-state index in [0.29, 0.717) is 15.8 Å². The summed E-state index contributed by atoms with van der Waals surface area (Å²) in [6, 6.07) is 16.7. The van der Waals surface area contributed by atoms with Crippen LogP contribution >= 0.6 is 0 Å². The van der Waals surface area contributed by atoms with E-state index in [2.05, 4.69) is 4.98 Å². The molecule has 0 radical (unpaired) electrons. The number of ether oxygens (including phenoxy) is 4. The third-order valence-electron chi connectivity index (χ3n) is 4.60. The molecule has 3 aromatic rings. The van der Waals surface area contributed by atoms with Gasteiger partial charge in [-0.25, -0.2) is 8.42 Å². The number of amides is 1. The number of nitrogens with zero attached hydrogens (tertiary/aromatic N) is 2. The monoisotopic (exact) mass is 472 g/mol. The van der Waals surface area contributed by atoms with Gasteiger partial charge in [-0.1, -0.05) is 30.3 Å². The molecular formula is C23H24N2O7S. The van der Waals surface area contributed by atoms with E-state index in [-0.39, 0.29) is 29.6 Å². The van der Waals surface area contributed by atoms with Gasteiger partial charge in [-0.3, -0.25) is 4.79 Å². The minimum atomic E-state index is -4.05. The molecule has 3 rings (SSSR count). The van der Waals surface area contributed by atoms with Crippen molar-refractivity contribution in [1.82, 2.24) is 4.98 Å². The van der Waals surface area contributed by atoms with Crippen LogP contribution in [0.25, 0.3) is 0 Å². The van der Waals surface area contributed by atoms with Gasteiger partial charge in [0.1, 0.15) is 12.3 Å². The molecule has 0 bridgehead atoms. The summed E-state index contributed by atoms with van der Waals surface area (Å²) in [6.07, 6.45) is 0.922. The number of aromatic nitrogens is 1. The summed E-state index contributed by atoms with van der Waals surface area (Å²) in [5.41, 5.74) is 0.943. The standard InChI is InChI=1S/C23H24N2O7S/c1-29-19-12-10-17(14-20(19)32-15-16-8-6-5-7-9-16)23(26)25(33(4,27)28)18-11-13-21(30-2)24-22(18)31-3/h5-14H,15H2,1-4H3. The van der Waals surface area contributed by atoms with Crippen molar-refractivity contribution in [3.05, 3.63) is 71.8 Å². The Morgan fingerprint density at radius 3 is 2.24 bits per heavy atom. The second kappa shape index (κ2) is 10.2. The summed E-state index contributed by atoms with van der Waals surface area (Å²) in [5.74, 6) is 0.00673. The first kappa shape index (κ1) is 23.9. The quantitative estimate of drug-likeness (QED) is 0.467. The van der Waals surface area contributed by atoms with Crippen LogP contribution in [0.15, 0.2) is 60.7 Å². The second-order valence-corrected chi connectivity index (χ2v) is 8.69. The molecule has 10 heteroatoms. The van der Waals surface area contributed by atoms with E-state index in [0.717, 1.165) is 11.8 Å². The molecule has 2 aromatic carbocycles. The van der Waals surface area contributed by atoms with Gasteiger partial charge < -0.3 is 18.9 Å². The highest BCUT2D eigenvalue weighted by Crippen LogP contribution is 2.34. The third-order valence-corrected chi connectivity index (χ3v) is 5.63. The fourth-order valence-corrected chi connectivity index (χ4v) is 3.95. The lowest BCUT2D eigenvalue weighted by atomic mass is 10.1. The average molecular weight is 473 g/mol. The lowest BCUT2D eigenvalue weighted by Gasteiger charge is -2.22. The van der Waals surface area contributed by atoms with Crippen molar-refractivity contribution < 1.29 is 32.2 Å². The Bertz CT molecular complexity index is 1230. The molecule has 0 unspecified atom stereocenters. The van der Waals surface area contributed by atoms with E-state index < -0.39 is 15.9 Å². The van der Waals surface area contributed by atoms with Crippen molar-refractivity contribution in [3.8, 4) is 23.3 Å². The zero-order valence-electron chi connectivity index (χ0n) is 18.6. The topological polar surface area (TPSA) is 104 Å². The summed E-state index contributed by atoms with van der Waals surface area (Å²) in [4.78, 5) is 17.5. The van der Waals surface area contributed by atoms with Crippen molar-refractivity contribution in [1.29, 1.82) is 0 Å². The van der Waals surface area contributed by atoms with Crippen molar-refractivity contribution in [2.24, 2.45) is 0 Å².